The summed E-state index contributed by atoms with van der Waals surface area (Å²) in [6, 6.07) is 0. The minimum Gasteiger partial charge on any atom is -0.481 e. The van der Waals surface area contributed by atoms with Gasteiger partial charge < -0.3 is 20.7 Å². The van der Waals surface area contributed by atoms with E-state index in [1.807, 2.05) is 0 Å². The van der Waals surface area contributed by atoms with Crippen molar-refractivity contribution in [2.75, 3.05) is 12.3 Å². The van der Waals surface area contributed by atoms with Gasteiger partial charge in [-0.2, -0.15) is 9.37 Å². The van der Waals surface area contributed by atoms with Crippen molar-refractivity contribution in [3.8, 4) is 5.88 Å². The maximum absolute atomic E-state index is 12.9. The van der Waals surface area contributed by atoms with Gasteiger partial charge in [-0.25, -0.2) is 4.79 Å². The van der Waals surface area contributed by atoms with Gasteiger partial charge in [0.1, 0.15) is 10.0 Å². The molecular formula is C9H9Cl2FN2O5. The zero-order valence-electron chi connectivity index (χ0n) is 9.48. The number of aromatic nitrogens is 1. The number of nitrogen functional groups attached to an aromatic ring is 1. The third-order valence-electron chi connectivity index (χ3n) is 1.37. The van der Waals surface area contributed by atoms with Gasteiger partial charge in [-0.05, 0) is 0 Å². The molecule has 0 aliphatic heterocycles. The number of halogens is 3. The number of carboxylic acid groups (broad SMARTS) is 2. The molecule has 0 aliphatic carbocycles. The van der Waals surface area contributed by atoms with E-state index in [-0.39, 0.29) is 10.7 Å². The van der Waals surface area contributed by atoms with Crippen LogP contribution in [0.3, 0.4) is 0 Å². The SMILES string of the molecule is CC(=O)O.Nc1c(Cl)c(F)nc(OCC(=O)O)c1Cl. The average molecular weight is 315 g/mol. The topological polar surface area (TPSA) is 123 Å². The molecule has 0 aromatic carbocycles. The van der Waals surface area contributed by atoms with Crippen LogP contribution in [-0.4, -0.2) is 33.7 Å². The van der Waals surface area contributed by atoms with Crippen LogP contribution in [0.4, 0.5) is 10.1 Å². The lowest BCUT2D eigenvalue weighted by atomic mass is 10.4. The monoisotopic (exact) mass is 314 g/mol. The third kappa shape index (κ3) is 6.07. The Labute approximate surface area is 116 Å². The van der Waals surface area contributed by atoms with Crippen LogP contribution >= 0.6 is 23.2 Å². The fraction of sp³-hybridized carbons (Fsp3) is 0.222. The van der Waals surface area contributed by atoms with E-state index in [0.717, 1.165) is 6.92 Å². The Bertz CT molecular complexity index is 494. The maximum atomic E-state index is 12.9. The standard InChI is InChI=1S/C7H5Cl2FN2O3.C2H4O2/c8-3-5(11)4(9)7(12-6(3)10)15-1-2(13)14;1-2(3)4/h1H2,(H2,11,12)(H,13,14);1H3,(H,3,4). The zero-order valence-corrected chi connectivity index (χ0v) is 11.0. The normalized spacial score (nSPS) is 9.26. The first-order chi connectivity index (χ1) is 8.66. The van der Waals surface area contributed by atoms with Crippen LogP contribution < -0.4 is 10.5 Å². The molecule has 1 aromatic heterocycles. The molecule has 1 rings (SSSR count). The summed E-state index contributed by atoms with van der Waals surface area (Å²) in [6.07, 6.45) is 0. The molecule has 0 unspecified atom stereocenters. The summed E-state index contributed by atoms with van der Waals surface area (Å²) >= 11 is 11.0. The van der Waals surface area contributed by atoms with Gasteiger partial charge >= 0.3 is 5.97 Å². The van der Waals surface area contributed by atoms with E-state index < -0.39 is 35.4 Å². The number of carbonyl (C=O) groups is 2. The minimum atomic E-state index is -1.25. The lowest BCUT2D eigenvalue weighted by Crippen LogP contribution is -2.11. The molecule has 106 valence electrons. The Balaban J connectivity index is 0.000000711. The number of hydrogen-bond acceptors (Lipinski definition) is 5. The van der Waals surface area contributed by atoms with Crippen molar-refractivity contribution in [2.24, 2.45) is 0 Å². The lowest BCUT2D eigenvalue weighted by molar-refractivity contribution is -0.139. The van der Waals surface area contributed by atoms with Crippen molar-refractivity contribution in [1.82, 2.24) is 4.98 Å². The molecule has 0 amide bonds. The van der Waals surface area contributed by atoms with E-state index in [9.17, 15) is 9.18 Å². The molecule has 0 fully saturated rings. The summed E-state index contributed by atoms with van der Waals surface area (Å²) in [7, 11) is 0. The van der Waals surface area contributed by atoms with E-state index in [0.29, 0.717) is 0 Å². The van der Waals surface area contributed by atoms with Crippen molar-refractivity contribution < 1.29 is 28.9 Å². The largest absolute Gasteiger partial charge is 0.481 e. The second-order valence-corrected chi connectivity index (χ2v) is 3.71. The number of nitrogens with zero attached hydrogens (tertiary/aromatic N) is 1. The predicted octanol–water partition coefficient (Wildman–Crippen LogP) is 1.66. The summed E-state index contributed by atoms with van der Waals surface area (Å²) in [5.74, 6) is -3.56. The summed E-state index contributed by atoms with van der Waals surface area (Å²) < 4.78 is 17.5. The second-order valence-electron chi connectivity index (χ2n) is 2.95. The van der Waals surface area contributed by atoms with Crippen molar-refractivity contribution in [3.63, 3.8) is 0 Å². The molecule has 4 N–H and O–H groups in total. The number of aliphatic carboxylic acids is 2. The van der Waals surface area contributed by atoms with Gasteiger partial charge in [0.05, 0.1) is 5.69 Å². The number of hydrogen-bond donors (Lipinski definition) is 3. The fourth-order valence-corrected chi connectivity index (χ4v) is 1.11. The van der Waals surface area contributed by atoms with E-state index >= 15 is 0 Å². The minimum absolute atomic E-state index is 0.220. The van der Waals surface area contributed by atoms with Gasteiger partial charge in [-0.1, -0.05) is 23.2 Å². The quantitative estimate of drug-likeness (QED) is 0.725. The smallest absolute Gasteiger partial charge is 0.341 e. The average Bonchev–Trinajstić information content (AvgIpc) is 2.28. The van der Waals surface area contributed by atoms with Crippen molar-refractivity contribution in [3.05, 3.63) is 16.0 Å². The van der Waals surface area contributed by atoms with Crippen molar-refractivity contribution in [1.29, 1.82) is 0 Å². The zero-order chi connectivity index (χ0) is 15.2. The Morgan fingerprint density at radius 2 is 1.84 bits per heavy atom. The molecule has 0 radical (unpaired) electrons. The van der Waals surface area contributed by atoms with E-state index in [4.69, 9.17) is 43.9 Å². The highest BCUT2D eigenvalue weighted by atomic mass is 35.5. The number of carboxylic acids is 2. The highest BCUT2D eigenvalue weighted by Gasteiger charge is 2.16. The first-order valence-corrected chi connectivity index (χ1v) is 5.26. The summed E-state index contributed by atoms with van der Waals surface area (Å²) in [4.78, 5) is 22.4. The van der Waals surface area contributed by atoms with Gasteiger partial charge in [0.25, 0.3) is 5.97 Å². The molecule has 0 aliphatic rings. The van der Waals surface area contributed by atoms with Crippen LogP contribution in [0.15, 0.2) is 0 Å². The maximum Gasteiger partial charge on any atom is 0.341 e. The van der Waals surface area contributed by atoms with Gasteiger partial charge in [-0.15, -0.1) is 0 Å². The summed E-state index contributed by atoms with van der Waals surface area (Å²) in [5, 5.41) is 15.1. The molecule has 1 heterocycles. The van der Waals surface area contributed by atoms with Crippen LogP contribution in [0.1, 0.15) is 6.92 Å². The first kappa shape index (κ1) is 17.2. The van der Waals surface area contributed by atoms with Crippen LogP contribution in [-0.2, 0) is 9.59 Å². The van der Waals surface area contributed by atoms with E-state index in [2.05, 4.69) is 9.72 Å². The number of anilines is 1. The Kier molecular flexibility index (Phi) is 6.87. The Morgan fingerprint density at radius 3 is 2.26 bits per heavy atom. The predicted molar refractivity (Wildman–Crippen MR) is 65.1 cm³/mol. The molecule has 0 atom stereocenters. The molecule has 0 saturated heterocycles. The molecule has 0 bridgehead atoms. The number of pyridine rings is 1. The highest BCUT2D eigenvalue weighted by Crippen LogP contribution is 2.35. The highest BCUT2D eigenvalue weighted by molar-refractivity contribution is 6.39. The van der Waals surface area contributed by atoms with Gasteiger partial charge in [-0.3, -0.25) is 4.79 Å². The summed E-state index contributed by atoms with van der Waals surface area (Å²) in [5.41, 5.74) is 5.07. The first-order valence-electron chi connectivity index (χ1n) is 4.50. The van der Waals surface area contributed by atoms with E-state index in [1.165, 1.54) is 0 Å². The van der Waals surface area contributed by atoms with Crippen molar-refractivity contribution >= 4 is 40.8 Å². The lowest BCUT2D eigenvalue weighted by Gasteiger charge is -2.07. The number of nitrogens with two attached hydrogens (primary N) is 1. The Hall–Kier alpha value is -1.80. The number of rotatable bonds is 3. The van der Waals surface area contributed by atoms with Crippen LogP contribution in [0.2, 0.25) is 10.0 Å². The molecule has 0 saturated carbocycles. The second kappa shape index (κ2) is 7.59. The Morgan fingerprint density at radius 1 is 1.37 bits per heavy atom. The summed E-state index contributed by atoms with van der Waals surface area (Å²) in [6.45, 7) is 0.382. The van der Waals surface area contributed by atoms with Crippen LogP contribution in [0, 0.1) is 5.95 Å². The van der Waals surface area contributed by atoms with Crippen molar-refractivity contribution in [2.45, 2.75) is 6.92 Å². The molecule has 7 nitrogen and oxygen atoms in total. The van der Waals surface area contributed by atoms with Gasteiger partial charge in [0.15, 0.2) is 6.61 Å². The van der Waals surface area contributed by atoms with Gasteiger partial charge in [0, 0.05) is 6.92 Å². The molecular weight excluding hydrogens is 306 g/mol. The number of ether oxygens (including phenoxy) is 1. The molecule has 19 heavy (non-hydrogen) atoms. The third-order valence-corrected chi connectivity index (χ3v) is 2.10. The fourth-order valence-electron chi connectivity index (χ4n) is 0.736. The van der Waals surface area contributed by atoms with Crippen LogP contribution in [0.25, 0.3) is 0 Å². The van der Waals surface area contributed by atoms with Gasteiger partial charge in [0.2, 0.25) is 11.8 Å². The van der Waals surface area contributed by atoms with E-state index in [1.54, 1.807) is 0 Å². The van der Waals surface area contributed by atoms with Crippen LogP contribution in [0.5, 0.6) is 5.88 Å². The molecule has 0 spiro atoms. The molecule has 10 heteroatoms. The molecule has 1 aromatic rings.